The van der Waals surface area contributed by atoms with Gasteiger partial charge in [0.15, 0.2) is 0 Å². The first-order valence-electron chi connectivity index (χ1n) is 5.40. The summed E-state index contributed by atoms with van der Waals surface area (Å²) in [4.78, 5) is 0. The standard InChI is InChI=1S/C13H17NO/c1-2-12-8-13(9-14-12)15-10-11-6-4-3-5-7-11/h2-7,12-14H,1,8-10H2/t12-,13-/m1/s1. The lowest BCUT2D eigenvalue weighted by Crippen LogP contribution is -2.19. The van der Waals surface area contributed by atoms with E-state index in [0.29, 0.717) is 18.8 Å². The Hall–Kier alpha value is -1.12. The third kappa shape index (κ3) is 2.91. The summed E-state index contributed by atoms with van der Waals surface area (Å²) in [6.45, 7) is 5.42. The highest BCUT2D eigenvalue weighted by Crippen LogP contribution is 2.13. The molecule has 2 nitrogen and oxygen atoms in total. The second-order valence-electron chi connectivity index (χ2n) is 3.90. The molecule has 0 unspecified atom stereocenters. The van der Waals surface area contributed by atoms with Crippen LogP contribution in [0, 0.1) is 0 Å². The van der Waals surface area contributed by atoms with Crippen molar-refractivity contribution in [1.29, 1.82) is 0 Å². The van der Waals surface area contributed by atoms with Gasteiger partial charge in [-0.25, -0.2) is 0 Å². The fourth-order valence-electron chi connectivity index (χ4n) is 1.83. The monoisotopic (exact) mass is 203 g/mol. The number of ether oxygens (including phenoxy) is 1. The molecule has 0 aliphatic carbocycles. The quantitative estimate of drug-likeness (QED) is 0.757. The van der Waals surface area contributed by atoms with E-state index in [-0.39, 0.29) is 0 Å². The van der Waals surface area contributed by atoms with Crippen molar-refractivity contribution < 1.29 is 4.74 Å². The minimum absolute atomic E-state index is 0.327. The molecule has 0 bridgehead atoms. The molecule has 1 saturated heterocycles. The van der Waals surface area contributed by atoms with Gasteiger partial charge in [0.2, 0.25) is 0 Å². The number of hydrogen-bond donors (Lipinski definition) is 1. The molecule has 0 radical (unpaired) electrons. The maximum absolute atomic E-state index is 5.81. The van der Waals surface area contributed by atoms with Crippen molar-refractivity contribution in [3.05, 3.63) is 48.6 Å². The molecule has 0 spiro atoms. The molecule has 2 rings (SSSR count). The van der Waals surface area contributed by atoms with Gasteiger partial charge in [0.1, 0.15) is 0 Å². The highest BCUT2D eigenvalue weighted by Gasteiger charge is 2.21. The summed E-state index contributed by atoms with van der Waals surface area (Å²) in [6, 6.07) is 10.7. The van der Waals surface area contributed by atoms with Crippen LogP contribution in [-0.2, 0) is 11.3 Å². The maximum Gasteiger partial charge on any atom is 0.0722 e. The zero-order chi connectivity index (χ0) is 10.5. The third-order valence-electron chi connectivity index (χ3n) is 2.74. The summed E-state index contributed by atoms with van der Waals surface area (Å²) in [5, 5.41) is 3.35. The molecule has 1 aliphatic heterocycles. The van der Waals surface area contributed by atoms with Crippen LogP contribution in [0.4, 0.5) is 0 Å². The van der Waals surface area contributed by atoms with Gasteiger partial charge in [-0.3, -0.25) is 0 Å². The lowest BCUT2D eigenvalue weighted by Gasteiger charge is -2.10. The number of benzene rings is 1. The van der Waals surface area contributed by atoms with Crippen molar-refractivity contribution in [2.45, 2.75) is 25.2 Å². The van der Waals surface area contributed by atoms with Crippen LogP contribution in [0.3, 0.4) is 0 Å². The van der Waals surface area contributed by atoms with Crippen LogP contribution in [0.2, 0.25) is 0 Å². The smallest absolute Gasteiger partial charge is 0.0722 e. The molecule has 0 amide bonds. The molecule has 1 aromatic carbocycles. The Morgan fingerprint density at radius 1 is 1.40 bits per heavy atom. The topological polar surface area (TPSA) is 21.3 Å². The van der Waals surface area contributed by atoms with Crippen molar-refractivity contribution in [2.75, 3.05) is 6.54 Å². The minimum atomic E-state index is 0.327. The van der Waals surface area contributed by atoms with Gasteiger partial charge in [0, 0.05) is 12.6 Å². The van der Waals surface area contributed by atoms with Crippen molar-refractivity contribution in [1.82, 2.24) is 5.32 Å². The summed E-state index contributed by atoms with van der Waals surface area (Å²) in [5.74, 6) is 0. The van der Waals surface area contributed by atoms with Gasteiger partial charge in [0.25, 0.3) is 0 Å². The Kier molecular flexibility index (Phi) is 3.54. The lowest BCUT2D eigenvalue weighted by molar-refractivity contribution is 0.0533. The number of nitrogens with one attached hydrogen (secondary N) is 1. The predicted molar refractivity (Wildman–Crippen MR) is 61.6 cm³/mol. The van der Waals surface area contributed by atoms with E-state index in [1.54, 1.807) is 0 Å². The van der Waals surface area contributed by atoms with Crippen LogP contribution >= 0.6 is 0 Å². The molecule has 0 saturated carbocycles. The van der Waals surface area contributed by atoms with E-state index < -0.39 is 0 Å². The van der Waals surface area contributed by atoms with Crippen LogP contribution in [-0.4, -0.2) is 18.7 Å². The second kappa shape index (κ2) is 5.10. The lowest BCUT2D eigenvalue weighted by atomic mass is 10.2. The summed E-state index contributed by atoms with van der Waals surface area (Å²) >= 11 is 0. The van der Waals surface area contributed by atoms with Crippen molar-refractivity contribution in [2.24, 2.45) is 0 Å². The average molecular weight is 203 g/mol. The molecule has 0 aromatic heterocycles. The van der Waals surface area contributed by atoms with Gasteiger partial charge in [-0.15, -0.1) is 6.58 Å². The highest BCUT2D eigenvalue weighted by atomic mass is 16.5. The van der Waals surface area contributed by atoms with Gasteiger partial charge in [0.05, 0.1) is 12.7 Å². The normalized spacial score (nSPS) is 25.3. The third-order valence-corrected chi connectivity index (χ3v) is 2.74. The van der Waals surface area contributed by atoms with Crippen molar-refractivity contribution in [3.8, 4) is 0 Å². The van der Waals surface area contributed by atoms with Crippen LogP contribution in [0.1, 0.15) is 12.0 Å². The maximum atomic E-state index is 5.81. The second-order valence-corrected chi connectivity index (χ2v) is 3.90. The fraction of sp³-hybridized carbons (Fsp3) is 0.385. The molecular weight excluding hydrogens is 186 g/mol. The Morgan fingerprint density at radius 3 is 2.87 bits per heavy atom. The zero-order valence-corrected chi connectivity index (χ0v) is 8.86. The molecule has 1 fully saturated rings. The Balaban J connectivity index is 1.77. The Morgan fingerprint density at radius 2 is 2.20 bits per heavy atom. The summed E-state index contributed by atoms with van der Waals surface area (Å²) in [7, 11) is 0. The summed E-state index contributed by atoms with van der Waals surface area (Å²) < 4.78 is 5.81. The van der Waals surface area contributed by atoms with Gasteiger partial charge in [-0.2, -0.15) is 0 Å². The first-order chi connectivity index (χ1) is 7.38. The first-order valence-corrected chi connectivity index (χ1v) is 5.40. The SMILES string of the molecule is C=C[C@@H]1C[C@@H](OCc2ccccc2)CN1. The Bertz CT molecular complexity index is 310. The number of rotatable bonds is 4. The van der Waals surface area contributed by atoms with Crippen molar-refractivity contribution in [3.63, 3.8) is 0 Å². The van der Waals surface area contributed by atoms with Crippen LogP contribution in [0.25, 0.3) is 0 Å². The van der Waals surface area contributed by atoms with E-state index in [1.807, 2.05) is 24.3 Å². The van der Waals surface area contributed by atoms with Crippen LogP contribution in [0.5, 0.6) is 0 Å². The van der Waals surface area contributed by atoms with Gasteiger partial charge in [-0.05, 0) is 12.0 Å². The van der Waals surface area contributed by atoms with E-state index in [0.717, 1.165) is 13.0 Å². The molecular formula is C13H17NO. The number of hydrogen-bond acceptors (Lipinski definition) is 2. The van der Waals surface area contributed by atoms with Gasteiger partial charge in [-0.1, -0.05) is 36.4 Å². The van der Waals surface area contributed by atoms with Gasteiger partial charge < -0.3 is 10.1 Å². The van der Waals surface area contributed by atoms with Crippen molar-refractivity contribution >= 4 is 0 Å². The van der Waals surface area contributed by atoms with E-state index in [1.165, 1.54) is 5.56 Å². The van der Waals surface area contributed by atoms with E-state index >= 15 is 0 Å². The van der Waals surface area contributed by atoms with Crippen LogP contribution < -0.4 is 5.32 Å². The first kappa shape index (κ1) is 10.4. The molecule has 1 aliphatic rings. The fourth-order valence-corrected chi connectivity index (χ4v) is 1.83. The molecule has 1 aromatic rings. The highest BCUT2D eigenvalue weighted by molar-refractivity contribution is 5.13. The minimum Gasteiger partial charge on any atom is -0.372 e. The van der Waals surface area contributed by atoms with E-state index in [2.05, 4.69) is 24.0 Å². The predicted octanol–water partition coefficient (Wildman–Crippen LogP) is 2.12. The molecule has 15 heavy (non-hydrogen) atoms. The zero-order valence-electron chi connectivity index (χ0n) is 8.86. The molecule has 1 heterocycles. The van der Waals surface area contributed by atoms with Crippen LogP contribution in [0.15, 0.2) is 43.0 Å². The molecule has 80 valence electrons. The molecule has 2 heteroatoms. The van der Waals surface area contributed by atoms with E-state index in [4.69, 9.17) is 4.74 Å². The average Bonchev–Trinajstić information content (AvgIpc) is 2.76. The molecule has 1 N–H and O–H groups in total. The Labute approximate surface area is 91.0 Å². The largest absolute Gasteiger partial charge is 0.372 e. The summed E-state index contributed by atoms with van der Waals surface area (Å²) in [6.07, 6.45) is 3.32. The molecule has 2 atom stereocenters. The van der Waals surface area contributed by atoms with E-state index in [9.17, 15) is 0 Å². The summed E-state index contributed by atoms with van der Waals surface area (Å²) in [5.41, 5.74) is 1.24. The van der Waals surface area contributed by atoms with Gasteiger partial charge >= 0.3 is 0 Å².